The van der Waals surface area contributed by atoms with Crippen molar-refractivity contribution >= 4 is 0 Å². The van der Waals surface area contributed by atoms with Crippen LogP contribution in [0, 0.1) is 0 Å². The van der Waals surface area contributed by atoms with E-state index in [1.54, 1.807) is 18.0 Å². The van der Waals surface area contributed by atoms with Gasteiger partial charge in [0.05, 0.1) is 19.4 Å². The molecule has 8 heteroatoms. The lowest BCUT2D eigenvalue weighted by Crippen LogP contribution is -2.28. The Bertz CT molecular complexity index is 924. The van der Waals surface area contributed by atoms with Crippen LogP contribution >= 0.6 is 0 Å². The van der Waals surface area contributed by atoms with Gasteiger partial charge >= 0.3 is 0 Å². The maximum atomic E-state index is 10.1. The van der Waals surface area contributed by atoms with E-state index in [1.807, 2.05) is 42.1 Å². The fraction of sp³-hybridized carbons (Fsp3) is 0.421. The molecule has 142 valence electrons. The van der Waals surface area contributed by atoms with Gasteiger partial charge < -0.3 is 15.6 Å². The molecule has 0 aliphatic heterocycles. The van der Waals surface area contributed by atoms with Crippen molar-refractivity contribution in [2.75, 3.05) is 7.11 Å². The number of methoxy groups -OCH3 is 1. The number of ether oxygens (including phenoxy) is 1. The predicted molar refractivity (Wildman–Crippen MR) is 99.9 cm³/mol. The van der Waals surface area contributed by atoms with Gasteiger partial charge in [-0.25, -0.2) is 4.98 Å². The van der Waals surface area contributed by atoms with Gasteiger partial charge in [-0.15, -0.1) is 5.10 Å². The lowest BCUT2D eigenvalue weighted by atomic mass is 10.1. The number of aliphatic hydroxyl groups excluding tert-OH is 1. The van der Waals surface area contributed by atoms with Gasteiger partial charge in [-0.05, 0) is 18.9 Å². The summed E-state index contributed by atoms with van der Waals surface area (Å²) < 4.78 is 9.03. The Balaban J connectivity index is 1.73. The second-order valence-corrected chi connectivity index (χ2v) is 7.00. The first-order valence-corrected chi connectivity index (χ1v) is 9.06. The topological polar surface area (TPSA) is 104 Å². The Morgan fingerprint density at radius 3 is 2.74 bits per heavy atom. The molecule has 3 aromatic rings. The van der Waals surface area contributed by atoms with E-state index in [-0.39, 0.29) is 12.0 Å². The van der Waals surface area contributed by atoms with Gasteiger partial charge in [0.2, 0.25) is 0 Å². The third-order valence-electron chi connectivity index (χ3n) is 5.17. The first-order valence-electron chi connectivity index (χ1n) is 9.06. The van der Waals surface area contributed by atoms with E-state index in [4.69, 9.17) is 20.6 Å². The van der Waals surface area contributed by atoms with E-state index in [1.165, 1.54) is 0 Å². The molecule has 1 aromatic carbocycles. The van der Waals surface area contributed by atoms with E-state index in [2.05, 4.69) is 5.10 Å². The smallest absolute Gasteiger partial charge is 0.155 e. The minimum absolute atomic E-state index is 0.0591. The molecule has 1 aliphatic rings. The highest BCUT2D eigenvalue weighted by atomic mass is 16.5. The summed E-state index contributed by atoms with van der Waals surface area (Å²) in [5.41, 5.74) is 7.06. The van der Waals surface area contributed by atoms with Crippen LogP contribution in [0.3, 0.4) is 0 Å². The number of nitrogens with zero attached hydrogens (tertiary/aromatic N) is 5. The van der Waals surface area contributed by atoms with Crippen molar-refractivity contribution in [3.05, 3.63) is 53.7 Å². The van der Waals surface area contributed by atoms with Crippen molar-refractivity contribution in [1.82, 2.24) is 24.5 Å². The SMILES string of the molecule is COc1ccccc1Cc1nc([C@H]2C[C@H](N)[C@@H](O)C2)n(-c2ccnn2C)n1. The molecular formula is C19H24N6O2. The third kappa shape index (κ3) is 3.33. The summed E-state index contributed by atoms with van der Waals surface area (Å²) >= 11 is 0. The second kappa shape index (κ2) is 7.13. The molecule has 0 bridgehead atoms. The average molecular weight is 368 g/mol. The molecule has 1 fully saturated rings. The second-order valence-electron chi connectivity index (χ2n) is 7.00. The van der Waals surface area contributed by atoms with Crippen LogP contribution < -0.4 is 10.5 Å². The highest BCUT2D eigenvalue weighted by Gasteiger charge is 2.35. The summed E-state index contributed by atoms with van der Waals surface area (Å²) in [5, 5.41) is 19.1. The fourth-order valence-electron chi connectivity index (χ4n) is 3.73. The highest BCUT2D eigenvalue weighted by molar-refractivity contribution is 5.35. The molecule has 0 unspecified atom stereocenters. The number of hydrogen-bond acceptors (Lipinski definition) is 6. The van der Waals surface area contributed by atoms with Crippen LogP contribution in [0.2, 0.25) is 0 Å². The lowest BCUT2D eigenvalue weighted by molar-refractivity contribution is 0.163. The summed E-state index contributed by atoms with van der Waals surface area (Å²) in [5.74, 6) is 3.22. The summed E-state index contributed by atoms with van der Waals surface area (Å²) in [6.07, 6.45) is 3.06. The quantitative estimate of drug-likeness (QED) is 0.700. The van der Waals surface area contributed by atoms with Crippen LogP contribution in [0.5, 0.6) is 5.75 Å². The van der Waals surface area contributed by atoms with Crippen LogP contribution in [0.1, 0.15) is 36.0 Å². The van der Waals surface area contributed by atoms with Crippen molar-refractivity contribution in [3.63, 3.8) is 0 Å². The molecule has 0 saturated heterocycles. The molecule has 1 aliphatic carbocycles. The van der Waals surface area contributed by atoms with E-state index >= 15 is 0 Å². The van der Waals surface area contributed by atoms with Gasteiger partial charge in [-0.1, -0.05) is 18.2 Å². The fourth-order valence-corrected chi connectivity index (χ4v) is 3.73. The molecule has 27 heavy (non-hydrogen) atoms. The van der Waals surface area contributed by atoms with E-state index < -0.39 is 6.10 Å². The highest BCUT2D eigenvalue weighted by Crippen LogP contribution is 2.34. The third-order valence-corrected chi connectivity index (χ3v) is 5.17. The zero-order chi connectivity index (χ0) is 19.0. The number of benzene rings is 1. The minimum Gasteiger partial charge on any atom is -0.496 e. The lowest BCUT2D eigenvalue weighted by Gasteiger charge is -2.10. The molecule has 0 radical (unpaired) electrons. The van der Waals surface area contributed by atoms with Gasteiger partial charge in [0.1, 0.15) is 11.6 Å². The van der Waals surface area contributed by atoms with Crippen molar-refractivity contribution in [1.29, 1.82) is 0 Å². The summed E-state index contributed by atoms with van der Waals surface area (Å²) in [6.45, 7) is 0. The van der Waals surface area contributed by atoms with Crippen LogP contribution in [0.25, 0.3) is 5.82 Å². The first-order chi connectivity index (χ1) is 13.1. The van der Waals surface area contributed by atoms with Gasteiger partial charge in [-0.2, -0.15) is 9.78 Å². The molecule has 3 N–H and O–H groups in total. The van der Waals surface area contributed by atoms with Crippen LogP contribution in [0.4, 0.5) is 0 Å². The Morgan fingerprint density at radius 1 is 1.26 bits per heavy atom. The van der Waals surface area contributed by atoms with Crippen molar-refractivity contribution in [2.24, 2.45) is 12.8 Å². The van der Waals surface area contributed by atoms with Crippen LogP contribution in [-0.2, 0) is 13.5 Å². The van der Waals surface area contributed by atoms with Crippen LogP contribution in [-0.4, -0.2) is 48.9 Å². The Kier molecular flexibility index (Phi) is 4.67. The summed E-state index contributed by atoms with van der Waals surface area (Å²) in [7, 11) is 3.53. The number of aliphatic hydroxyl groups is 1. The first kappa shape index (κ1) is 17.7. The van der Waals surface area contributed by atoms with Crippen molar-refractivity contribution in [2.45, 2.75) is 37.3 Å². The Labute approximate surface area is 157 Å². The van der Waals surface area contributed by atoms with Crippen molar-refractivity contribution < 1.29 is 9.84 Å². The molecule has 8 nitrogen and oxygen atoms in total. The molecule has 0 spiro atoms. The van der Waals surface area contributed by atoms with Gasteiger partial charge in [0.15, 0.2) is 11.6 Å². The molecule has 2 heterocycles. The molecule has 1 saturated carbocycles. The van der Waals surface area contributed by atoms with Gasteiger partial charge in [-0.3, -0.25) is 4.68 Å². The summed E-state index contributed by atoms with van der Waals surface area (Å²) in [4.78, 5) is 4.82. The molecule has 4 rings (SSSR count). The molecular weight excluding hydrogens is 344 g/mol. The maximum absolute atomic E-state index is 10.1. The molecule has 2 aromatic heterocycles. The minimum atomic E-state index is -0.510. The van der Waals surface area contributed by atoms with Gasteiger partial charge in [0.25, 0.3) is 0 Å². The average Bonchev–Trinajstić information content (AvgIpc) is 3.35. The largest absolute Gasteiger partial charge is 0.496 e. The number of hydrogen-bond donors (Lipinski definition) is 2. The number of nitrogens with two attached hydrogens (primary N) is 1. The van der Waals surface area contributed by atoms with Gasteiger partial charge in [0, 0.05) is 37.1 Å². The van der Waals surface area contributed by atoms with E-state index in [9.17, 15) is 5.11 Å². The van der Waals surface area contributed by atoms with E-state index in [0.717, 1.165) is 23.0 Å². The zero-order valence-corrected chi connectivity index (χ0v) is 15.5. The number of aromatic nitrogens is 5. The molecule has 0 amide bonds. The van der Waals surface area contributed by atoms with Crippen LogP contribution in [0.15, 0.2) is 36.5 Å². The standard InChI is InChI=1S/C19H24N6O2/c1-24-18(7-8-21-24)25-19(13-9-14(20)15(26)10-13)22-17(23-25)11-12-5-3-4-6-16(12)27-2/h3-8,13-15,26H,9-11,20H2,1-2H3/t13-,14-,15-/m0/s1. The Hall–Kier alpha value is -2.71. The zero-order valence-electron chi connectivity index (χ0n) is 15.5. The number of rotatable bonds is 5. The molecule has 3 atom stereocenters. The predicted octanol–water partition coefficient (Wildman–Crippen LogP) is 1.17. The maximum Gasteiger partial charge on any atom is 0.155 e. The summed E-state index contributed by atoms with van der Waals surface area (Å²) in [6, 6.07) is 9.53. The van der Waals surface area contributed by atoms with Crippen molar-refractivity contribution in [3.8, 4) is 11.6 Å². The number of para-hydroxylation sites is 1. The monoisotopic (exact) mass is 368 g/mol. The number of aryl methyl sites for hydroxylation is 1. The Morgan fingerprint density at radius 2 is 2.07 bits per heavy atom. The van der Waals surface area contributed by atoms with E-state index in [0.29, 0.717) is 25.1 Å². The normalized spacial score (nSPS) is 22.3.